The number of amides is 1. The van der Waals surface area contributed by atoms with Crippen molar-refractivity contribution in [2.75, 3.05) is 23.9 Å². The maximum absolute atomic E-state index is 11.7. The molecule has 116 valence electrons. The highest BCUT2D eigenvalue weighted by molar-refractivity contribution is 6.18. The summed E-state index contributed by atoms with van der Waals surface area (Å²) >= 11 is 5.95. The van der Waals surface area contributed by atoms with E-state index in [0.29, 0.717) is 12.3 Å². The molecule has 1 N–H and O–H groups in total. The number of anilines is 1. The number of hydrogen-bond acceptors (Lipinski definition) is 2. The number of rotatable bonds is 6. The highest BCUT2D eigenvalue weighted by atomic mass is 35.5. The molecule has 0 radical (unpaired) electrons. The SMILES string of the molecule is C[C@@H](NCC(C)(C)CCl)c1ccc(N2CCCC2=O)cc1. The normalized spacial score (nSPS) is 17.3. The van der Waals surface area contributed by atoms with Crippen LogP contribution >= 0.6 is 11.6 Å². The van der Waals surface area contributed by atoms with Crippen molar-refractivity contribution in [1.29, 1.82) is 0 Å². The molecule has 1 aromatic rings. The van der Waals surface area contributed by atoms with E-state index in [9.17, 15) is 4.79 Å². The maximum Gasteiger partial charge on any atom is 0.227 e. The molecule has 0 aliphatic carbocycles. The molecule has 0 unspecified atom stereocenters. The van der Waals surface area contributed by atoms with E-state index in [1.54, 1.807) is 0 Å². The van der Waals surface area contributed by atoms with E-state index in [2.05, 4.69) is 38.2 Å². The van der Waals surface area contributed by atoms with Gasteiger partial charge in [0.15, 0.2) is 0 Å². The number of carbonyl (C=O) groups is 1. The van der Waals surface area contributed by atoms with E-state index >= 15 is 0 Å². The van der Waals surface area contributed by atoms with Crippen LogP contribution in [0.5, 0.6) is 0 Å². The molecule has 0 aromatic heterocycles. The molecule has 0 spiro atoms. The zero-order valence-corrected chi connectivity index (χ0v) is 13.9. The maximum atomic E-state index is 11.7. The molecular weight excluding hydrogens is 284 g/mol. The van der Waals surface area contributed by atoms with E-state index < -0.39 is 0 Å². The fourth-order valence-corrected chi connectivity index (χ4v) is 2.55. The van der Waals surface area contributed by atoms with Crippen molar-refractivity contribution in [2.24, 2.45) is 5.41 Å². The van der Waals surface area contributed by atoms with Crippen LogP contribution in [0.15, 0.2) is 24.3 Å². The summed E-state index contributed by atoms with van der Waals surface area (Å²) in [4.78, 5) is 13.6. The Bertz CT molecular complexity index is 484. The van der Waals surface area contributed by atoms with Crippen LogP contribution in [0.4, 0.5) is 5.69 Å². The van der Waals surface area contributed by atoms with Gasteiger partial charge in [-0.1, -0.05) is 26.0 Å². The second-order valence-corrected chi connectivity index (χ2v) is 6.91. The number of alkyl halides is 1. The van der Waals surface area contributed by atoms with E-state index in [0.717, 1.165) is 25.2 Å². The van der Waals surface area contributed by atoms with Crippen molar-refractivity contribution in [1.82, 2.24) is 5.32 Å². The number of carbonyl (C=O) groups excluding carboxylic acids is 1. The van der Waals surface area contributed by atoms with Gasteiger partial charge in [0.05, 0.1) is 0 Å². The van der Waals surface area contributed by atoms with Gasteiger partial charge in [-0.25, -0.2) is 0 Å². The molecule has 1 atom stereocenters. The van der Waals surface area contributed by atoms with Crippen molar-refractivity contribution in [3.8, 4) is 0 Å². The van der Waals surface area contributed by atoms with Gasteiger partial charge >= 0.3 is 0 Å². The molecule has 0 saturated carbocycles. The quantitative estimate of drug-likeness (QED) is 0.812. The molecular formula is C17H25ClN2O. The second kappa shape index (κ2) is 6.80. The number of nitrogens with zero attached hydrogens (tertiary/aromatic N) is 1. The summed E-state index contributed by atoms with van der Waals surface area (Å²) in [6.45, 7) is 8.18. The molecule has 4 heteroatoms. The van der Waals surface area contributed by atoms with Crippen LogP contribution in [-0.4, -0.2) is 24.9 Å². The molecule has 2 rings (SSSR count). The van der Waals surface area contributed by atoms with Gasteiger partial charge in [-0.2, -0.15) is 0 Å². The summed E-state index contributed by atoms with van der Waals surface area (Å²) in [5, 5.41) is 3.52. The van der Waals surface area contributed by atoms with Crippen molar-refractivity contribution in [2.45, 2.75) is 39.7 Å². The van der Waals surface area contributed by atoms with Crippen molar-refractivity contribution < 1.29 is 4.79 Å². The summed E-state index contributed by atoms with van der Waals surface area (Å²) in [5.41, 5.74) is 2.34. The topological polar surface area (TPSA) is 32.3 Å². The number of nitrogens with one attached hydrogen (secondary N) is 1. The van der Waals surface area contributed by atoms with Gasteiger partial charge < -0.3 is 10.2 Å². The predicted octanol–water partition coefficient (Wildman–Crippen LogP) is 3.73. The number of halogens is 1. The van der Waals surface area contributed by atoms with E-state index in [-0.39, 0.29) is 17.4 Å². The highest BCUT2D eigenvalue weighted by Crippen LogP contribution is 2.24. The monoisotopic (exact) mass is 308 g/mol. The molecule has 1 aliphatic heterocycles. The van der Waals surface area contributed by atoms with Crippen LogP contribution in [0.2, 0.25) is 0 Å². The third-order valence-electron chi connectivity index (χ3n) is 4.03. The van der Waals surface area contributed by atoms with E-state index in [1.165, 1.54) is 5.56 Å². The first-order valence-corrected chi connectivity index (χ1v) is 8.16. The van der Waals surface area contributed by atoms with Crippen LogP contribution in [0.1, 0.15) is 45.2 Å². The summed E-state index contributed by atoms with van der Waals surface area (Å²) in [5.74, 6) is 0.876. The molecule has 1 fully saturated rings. The zero-order chi connectivity index (χ0) is 15.5. The van der Waals surface area contributed by atoms with Crippen LogP contribution in [0, 0.1) is 5.41 Å². The van der Waals surface area contributed by atoms with Crippen molar-refractivity contribution >= 4 is 23.2 Å². The van der Waals surface area contributed by atoms with Gasteiger partial charge in [-0.3, -0.25) is 4.79 Å². The Labute approximate surface area is 132 Å². The molecule has 0 bridgehead atoms. The highest BCUT2D eigenvalue weighted by Gasteiger charge is 2.22. The Kier molecular flexibility index (Phi) is 5.28. The first kappa shape index (κ1) is 16.3. The predicted molar refractivity (Wildman–Crippen MR) is 88.9 cm³/mol. The lowest BCUT2D eigenvalue weighted by Crippen LogP contribution is -2.32. The van der Waals surface area contributed by atoms with Gasteiger partial charge in [0.25, 0.3) is 0 Å². The lowest BCUT2D eigenvalue weighted by atomic mass is 9.95. The number of hydrogen-bond donors (Lipinski definition) is 1. The second-order valence-electron chi connectivity index (χ2n) is 6.64. The van der Waals surface area contributed by atoms with Gasteiger partial charge in [0.1, 0.15) is 0 Å². The minimum atomic E-state index is 0.0950. The summed E-state index contributed by atoms with van der Waals surface area (Å²) in [6.07, 6.45) is 1.64. The van der Waals surface area contributed by atoms with Gasteiger partial charge in [0.2, 0.25) is 5.91 Å². The third-order valence-corrected chi connectivity index (χ3v) is 4.75. The average Bonchev–Trinajstić information content (AvgIpc) is 2.91. The van der Waals surface area contributed by atoms with Gasteiger partial charge in [-0.05, 0) is 36.5 Å². The fourth-order valence-electron chi connectivity index (χ4n) is 2.46. The fraction of sp³-hybridized carbons (Fsp3) is 0.588. The average molecular weight is 309 g/mol. The summed E-state index contributed by atoms with van der Waals surface area (Å²) in [6, 6.07) is 8.57. The minimum absolute atomic E-state index is 0.0950. The van der Waals surface area contributed by atoms with Crippen LogP contribution in [0.3, 0.4) is 0 Å². The Balaban J connectivity index is 1.96. The standard InChI is InChI=1S/C17H25ClN2O/c1-13(19-12-17(2,3)11-18)14-6-8-15(9-7-14)20-10-4-5-16(20)21/h6-9,13,19H,4-5,10-12H2,1-3H3/t13-/m1/s1. The van der Waals surface area contributed by atoms with Gasteiger partial charge in [-0.15, -0.1) is 11.6 Å². The number of benzene rings is 1. The lowest BCUT2D eigenvalue weighted by molar-refractivity contribution is -0.117. The van der Waals surface area contributed by atoms with Crippen LogP contribution < -0.4 is 10.2 Å². The largest absolute Gasteiger partial charge is 0.312 e. The van der Waals surface area contributed by atoms with Crippen molar-refractivity contribution in [3.63, 3.8) is 0 Å². The van der Waals surface area contributed by atoms with Crippen LogP contribution in [0.25, 0.3) is 0 Å². The molecule has 1 aliphatic rings. The molecule has 3 nitrogen and oxygen atoms in total. The minimum Gasteiger partial charge on any atom is -0.312 e. The smallest absolute Gasteiger partial charge is 0.227 e. The van der Waals surface area contributed by atoms with E-state index in [1.807, 2.05) is 17.0 Å². The Morgan fingerprint density at radius 1 is 1.33 bits per heavy atom. The van der Waals surface area contributed by atoms with Crippen molar-refractivity contribution in [3.05, 3.63) is 29.8 Å². The summed E-state index contributed by atoms with van der Waals surface area (Å²) in [7, 11) is 0. The van der Waals surface area contributed by atoms with Gasteiger partial charge in [0, 0.05) is 37.1 Å². The van der Waals surface area contributed by atoms with Crippen LogP contribution in [-0.2, 0) is 4.79 Å². The Hall–Kier alpha value is -1.06. The third kappa shape index (κ3) is 4.21. The molecule has 21 heavy (non-hydrogen) atoms. The Morgan fingerprint density at radius 2 is 2.00 bits per heavy atom. The zero-order valence-electron chi connectivity index (χ0n) is 13.2. The Morgan fingerprint density at radius 3 is 2.52 bits per heavy atom. The lowest BCUT2D eigenvalue weighted by Gasteiger charge is -2.25. The molecule has 1 heterocycles. The molecule has 1 aromatic carbocycles. The molecule has 1 saturated heterocycles. The summed E-state index contributed by atoms with van der Waals surface area (Å²) < 4.78 is 0. The first-order valence-electron chi connectivity index (χ1n) is 7.63. The molecule has 1 amide bonds. The van der Waals surface area contributed by atoms with E-state index in [4.69, 9.17) is 11.6 Å². The first-order chi connectivity index (χ1) is 9.93.